The lowest BCUT2D eigenvalue weighted by Crippen LogP contribution is -2.18. The number of rotatable bonds is 2. The van der Waals surface area contributed by atoms with Crippen LogP contribution in [0, 0.1) is 0 Å². The van der Waals surface area contributed by atoms with Gasteiger partial charge in [0.05, 0.1) is 7.11 Å². The van der Waals surface area contributed by atoms with Crippen molar-refractivity contribution in [2.75, 3.05) is 13.7 Å². The summed E-state index contributed by atoms with van der Waals surface area (Å²) in [7, 11) is 1.35. The first-order chi connectivity index (χ1) is 7.72. The van der Waals surface area contributed by atoms with Crippen molar-refractivity contribution < 1.29 is 14.3 Å². The van der Waals surface area contributed by atoms with Gasteiger partial charge in [-0.2, -0.15) is 5.10 Å². The summed E-state index contributed by atoms with van der Waals surface area (Å²) < 4.78 is 12.4. The molecule has 6 heteroatoms. The first-order valence-electron chi connectivity index (χ1n) is 5.17. The largest absolute Gasteiger partial charge is 0.465 e. The molecule has 0 unspecified atom stereocenters. The number of carbonyl (C=O) groups excluding carboxylic acids is 1. The summed E-state index contributed by atoms with van der Waals surface area (Å²) in [6.45, 7) is 0.746. The molecule has 88 valence electrons. The predicted molar refractivity (Wildman–Crippen MR) is 60.1 cm³/mol. The van der Waals surface area contributed by atoms with Crippen LogP contribution in [-0.4, -0.2) is 29.5 Å². The Labute approximate surface area is 102 Å². The zero-order chi connectivity index (χ0) is 11.5. The molecule has 16 heavy (non-hydrogen) atoms. The molecule has 1 atom stereocenters. The molecule has 0 aromatic carbocycles. The van der Waals surface area contributed by atoms with Gasteiger partial charge in [-0.3, -0.25) is 0 Å². The first-order valence-corrected chi connectivity index (χ1v) is 5.96. The molecule has 2 rings (SSSR count). The van der Waals surface area contributed by atoms with Crippen molar-refractivity contribution >= 4 is 21.9 Å². The van der Waals surface area contributed by atoms with Gasteiger partial charge in [-0.15, -0.1) is 0 Å². The quantitative estimate of drug-likeness (QED) is 0.783. The van der Waals surface area contributed by atoms with E-state index in [1.54, 1.807) is 10.9 Å². The van der Waals surface area contributed by atoms with Crippen molar-refractivity contribution in [1.29, 1.82) is 0 Å². The minimum absolute atomic E-state index is 0.0662. The fraction of sp³-hybridized carbons (Fsp3) is 0.600. The van der Waals surface area contributed by atoms with Crippen molar-refractivity contribution in [3.05, 3.63) is 16.4 Å². The summed E-state index contributed by atoms with van der Waals surface area (Å²) in [6, 6.07) is 0. The van der Waals surface area contributed by atoms with Crippen molar-refractivity contribution in [1.82, 2.24) is 9.78 Å². The van der Waals surface area contributed by atoms with Crippen LogP contribution in [-0.2, 0) is 9.47 Å². The minimum atomic E-state index is -0.395. The van der Waals surface area contributed by atoms with Gasteiger partial charge in [-0.25, -0.2) is 9.48 Å². The van der Waals surface area contributed by atoms with Crippen molar-refractivity contribution in [3.63, 3.8) is 0 Å². The van der Waals surface area contributed by atoms with E-state index in [1.165, 1.54) is 7.11 Å². The fourth-order valence-corrected chi connectivity index (χ4v) is 2.14. The first kappa shape index (κ1) is 11.6. The van der Waals surface area contributed by atoms with Crippen LogP contribution < -0.4 is 0 Å². The molecular formula is C10H13BrN2O3. The zero-order valence-corrected chi connectivity index (χ0v) is 10.6. The maximum Gasteiger partial charge on any atom is 0.342 e. The highest BCUT2D eigenvalue weighted by Crippen LogP contribution is 2.24. The van der Waals surface area contributed by atoms with Crippen LogP contribution in [0.5, 0.6) is 0 Å². The topological polar surface area (TPSA) is 53.4 Å². The molecule has 0 radical (unpaired) electrons. The van der Waals surface area contributed by atoms with E-state index < -0.39 is 5.97 Å². The number of hydrogen-bond donors (Lipinski definition) is 0. The summed E-state index contributed by atoms with van der Waals surface area (Å²) in [6.07, 6.45) is 4.72. The number of carbonyl (C=O) groups is 1. The summed E-state index contributed by atoms with van der Waals surface area (Å²) in [5.74, 6) is -0.395. The van der Waals surface area contributed by atoms with Crippen molar-refractivity contribution in [3.8, 4) is 0 Å². The number of nitrogens with zero attached hydrogens (tertiary/aromatic N) is 2. The van der Waals surface area contributed by atoms with E-state index in [2.05, 4.69) is 25.8 Å². The predicted octanol–water partition coefficient (Wildman–Crippen LogP) is 2.13. The normalized spacial score (nSPS) is 20.8. The average molecular weight is 289 g/mol. The third-order valence-electron chi connectivity index (χ3n) is 2.54. The van der Waals surface area contributed by atoms with E-state index >= 15 is 0 Å². The van der Waals surface area contributed by atoms with Crippen LogP contribution in [0.25, 0.3) is 0 Å². The lowest BCUT2D eigenvalue weighted by molar-refractivity contribution is -0.0396. The van der Waals surface area contributed by atoms with Crippen LogP contribution in [0.3, 0.4) is 0 Å². The second kappa shape index (κ2) is 4.97. The summed E-state index contributed by atoms with van der Waals surface area (Å²) >= 11 is 3.24. The number of esters is 1. The van der Waals surface area contributed by atoms with Crippen molar-refractivity contribution in [2.24, 2.45) is 0 Å². The van der Waals surface area contributed by atoms with Gasteiger partial charge in [0.1, 0.15) is 16.4 Å². The third kappa shape index (κ3) is 2.27. The maximum atomic E-state index is 11.4. The molecule has 0 bridgehead atoms. The molecule has 1 aliphatic heterocycles. The van der Waals surface area contributed by atoms with Gasteiger partial charge >= 0.3 is 5.97 Å². The number of aromatic nitrogens is 2. The average Bonchev–Trinajstić information content (AvgIpc) is 2.71. The molecule has 1 saturated heterocycles. The van der Waals surface area contributed by atoms with E-state index in [0.29, 0.717) is 10.2 Å². The highest BCUT2D eigenvalue weighted by Gasteiger charge is 2.21. The van der Waals surface area contributed by atoms with Gasteiger partial charge in [-0.1, -0.05) is 0 Å². The van der Waals surface area contributed by atoms with Crippen LogP contribution in [0.2, 0.25) is 0 Å². The van der Waals surface area contributed by atoms with Crippen LogP contribution in [0.1, 0.15) is 35.8 Å². The Hall–Kier alpha value is -0.880. The molecule has 0 N–H and O–H groups in total. The monoisotopic (exact) mass is 288 g/mol. The fourth-order valence-electron chi connectivity index (χ4n) is 1.70. The smallest absolute Gasteiger partial charge is 0.342 e. The SMILES string of the molecule is COC(=O)c1cn([C@@H]2CCCCO2)nc1Br. The molecule has 1 fully saturated rings. The van der Waals surface area contributed by atoms with Gasteiger partial charge in [0, 0.05) is 12.8 Å². The van der Waals surface area contributed by atoms with E-state index in [0.717, 1.165) is 25.9 Å². The maximum absolute atomic E-state index is 11.4. The molecule has 1 aliphatic rings. The number of hydrogen-bond acceptors (Lipinski definition) is 4. The summed E-state index contributed by atoms with van der Waals surface area (Å²) in [4.78, 5) is 11.4. The summed E-state index contributed by atoms with van der Waals surface area (Å²) in [5, 5.41) is 4.21. The lowest BCUT2D eigenvalue weighted by Gasteiger charge is -2.22. The number of methoxy groups -OCH3 is 1. The standard InChI is InChI=1S/C10H13BrN2O3/c1-15-10(14)7-6-13(12-9(7)11)8-4-2-3-5-16-8/h6,8H,2-5H2,1H3/t8-/m0/s1. The van der Waals surface area contributed by atoms with Crippen LogP contribution >= 0.6 is 15.9 Å². The molecule has 0 aliphatic carbocycles. The number of ether oxygens (including phenoxy) is 2. The van der Waals surface area contributed by atoms with E-state index in [4.69, 9.17) is 4.74 Å². The van der Waals surface area contributed by atoms with E-state index in [1.807, 2.05) is 0 Å². The van der Waals surface area contributed by atoms with Gasteiger partial charge in [0.25, 0.3) is 0 Å². The Kier molecular flexibility index (Phi) is 3.60. The van der Waals surface area contributed by atoms with Gasteiger partial charge in [0.15, 0.2) is 0 Å². The Morgan fingerprint density at radius 1 is 1.69 bits per heavy atom. The second-order valence-corrected chi connectivity index (χ2v) is 4.38. The molecule has 1 aromatic heterocycles. The van der Waals surface area contributed by atoms with Crippen LogP contribution in [0.4, 0.5) is 0 Å². The molecule has 0 saturated carbocycles. The van der Waals surface area contributed by atoms with E-state index in [9.17, 15) is 4.79 Å². The third-order valence-corrected chi connectivity index (χ3v) is 3.13. The van der Waals surface area contributed by atoms with Gasteiger partial charge in [0.2, 0.25) is 0 Å². The minimum Gasteiger partial charge on any atom is -0.465 e. The van der Waals surface area contributed by atoms with Gasteiger partial charge in [-0.05, 0) is 35.2 Å². The molecule has 5 nitrogen and oxygen atoms in total. The zero-order valence-electron chi connectivity index (χ0n) is 8.98. The highest BCUT2D eigenvalue weighted by molar-refractivity contribution is 9.10. The number of halogens is 1. The Morgan fingerprint density at radius 3 is 3.12 bits per heavy atom. The second-order valence-electron chi connectivity index (χ2n) is 3.63. The van der Waals surface area contributed by atoms with Crippen molar-refractivity contribution in [2.45, 2.75) is 25.5 Å². The van der Waals surface area contributed by atoms with Gasteiger partial charge < -0.3 is 9.47 Å². The molecule has 2 heterocycles. The summed E-state index contributed by atoms with van der Waals surface area (Å²) in [5.41, 5.74) is 0.427. The van der Waals surface area contributed by atoms with Crippen LogP contribution in [0.15, 0.2) is 10.8 Å². The molecule has 0 amide bonds. The Morgan fingerprint density at radius 2 is 2.50 bits per heavy atom. The lowest BCUT2D eigenvalue weighted by atomic mass is 10.2. The molecular weight excluding hydrogens is 276 g/mol. The Bertz CT molecular complexity index is 385. The molecule has 1 aromatic rings. The molecule has 0 spiro atoms. The van der Waals surface area contributed by atoms with E-state index in [-0.39, 0.29) is 6.23 Å². The Balaban J connectivity index is 2.19. The highest BCUT2D eigenvalue weighted by atomic mass is 79.9.